The Balaban J connectivity index is 0.00000200. The van der Waals surface area contributed by atoms with E-state index >= 15 is 0 Å². The lowest BCUT2D eigenvalue weighted by atomic mass is 9.88. The Morgan fingerprint density at radius 2 is 1.86 bits per heavy atom. The van der Waals surface area contributed by atoms with Crippen LogP contribution in [-0.2, 0) is 26.7 Å². The van der Waals surface area contributed by atoms with Crippen LogP contribution in [0.15, 0.2) is 65.6 Å². The van der Waals surface area contributed by atoms with Crippen molar-refractivity contribution in [3.63, 3.8) is 0 Å². The first kappa shape index (κ1) is 24.4. The van der Waals surface area contributed by atoms with Gasteiger partial charge in [-0.3, -0.25) is 9.78 Å². The van der Waals surface area contributed by atoms with Crippen LogP contribution in [0.1, 0.15) is 40.3 Å². The molecule has 1 saturated carbocycles. The summed E-state index contributed by atoms with van der Waals surface area (Å²) >= 11 is 0. The van der Waals surface area contributed by atoms with Gasteiger partial charge in [0.15, 0.2) is 11.5 Å². The number of hydrogen-bond acceptors (Lipinski definition) is 7. The molecule has 1 fully saturated rings. The number of hydrogen-bond donors (Lipinski definition) is 2. The van der Waals surface area contributed by atoms with Crippen LogP contribution < -0.4 is 14.2 Å². The normalized spacial score (nSPS) is 16.5. The minimum Gasteiger partial charge on any atom is -0.454 e. The van der Waals surface area contributed by atoms with E-state index in [0.29, 0.717) is 29.3 Å². The first-order chi connectivity index (χ1) is 17.3. The van der Waals surface area contributed by atoms with E-state index in [-0.39, 0.29) is 33.4 Å². The van der Waals surface area contributed by atoms with Gasteiger partial charge in [0.25, 0.3) is 0 Å². The summed E-state index contributed by atoms with van der Waals surface area (Å²) in [4.78, 5) is 18.1. The number of fused-ring (bicyclic) bond motifs is 1. The lowest BCUT2D eigenvalue weighted by Crippen LogP contribution is -2.36. The molecule has 0 bridgehead atoms. The van der Waals surface area contributed by atoms with Crippen LogP contribution >= 0.6 is 0 Å². The van der Waals surface area contributed by atoms with Crippen LogP contribution in [0, 0.1) is 0 Å². The summed E-state index contributed by atoms with van der Waals surface area (Å²) in [5, 5.41) is 9.30. The monoisotopic (exact) mass is 512 g/mol. The molecule has 0 amide bonds. The number of sulfonamides is 1. The number of carbonyl (C=O) groups excluding carboxylic acids is 1. The topological polar surface area (TPSA) is 115 Å². The van der Waals surface area contributed by atoms with Crippen molar-refractivity contribution in [2.24, 2.45) is 0 Å². The van der Waals surface area contributed by atoms with Crippen molar-refractivity contribution in [1.82, 2.24) is 9.71 Å². The summed E-state index contributed by atoms with van der Waals surface area (Å²) in [6, 6.07) is 17.1. The molecule has 0 unspecified atom stereocenters. The molecular formula is C27H32N2O6S. The summed E-state index contributed by atoms with van der Waals surface area (Å²) in [7, 11) is -3.74. The molecule has 9 heteroatoms. The Kier molecular flexibility index (Phi) is 6.55. The fourth-order valence-corrected chi connectivity index (χ4v) is 5.77. The van der Waals surface area contributed by atoms with E-state index in [1.807, 2.05) is 36.4 Å². The molecule has 3 aromatic rings. The molecule has 1 atom stereocenters. The number of nitrogens with zero attached hydrogens (tertiary/aromatic N) is 1. The first-order valence-electron chi connectivity index (χ1n) is 12.0. The van der Waals surface area contributed by atoms with Gasteiger partial charge in [0.1, 0.15) is 5.78 Å². The average Bonchev–Trinajstić information content (AvgIpc) is 3.58. The van der Waals surface area contributed by atoms with Crippen molar-refractivity contribution in [3.05, 3.63) is 71.9 Å². The van der Waals surface area contributed by atoms with Crippen LogP contribution in [-0.4, -0.2) is 43.7 Å². The van der Waals surface area contributed by atoms with Crippen molar-refractivity contribution in [3.8, 4) is 22.8 Å². The molecule has 2 aliphatic rings. The number of ether oxygens (including phenoxy) is 2. The third kappa shape index (κ3) is 4.74. The van der Waals surface area contributed by atoms with Crippen molar-refractivity contribution < 1.29 is 30.6 Å². The molecule has 0 radical (unpaired) electrons. The second kappa shape index (κ2) is 9.65. The zero-order valence-corrected chi connectivity index (χ0v) is 20.8. The number of pyridine rings is 1. The van der Waals surface area contributed by atoms with Crippen LogP contribution in [0.25, 0.3) is 11.3 Å². The Morgan fingerprint density at radius 1 is 1.11 bits per heavy atom. The number of aliphatic hydroxyl groups excluding tert-OH is 1. The molecule has 0 spiro atoms. The average molecular weight is 513 g/mol. The van der Waals surface area contributed by atoms with Crippen LogP contribution in [0.3, 0.4) is 0 Å². The highest BCUT2D eigenvalue weighted by molar-refractivity contribution is 7.89. The molecule has 1 aliphatic carbocycles. The van der Waals surface area contributed by atoms with E-state index in [1.54, 1.807) is 19.1 Å². The van der Waals surface area contributed by atoms with Gasteiger partial charge in [0.05, 0.1) is 22.6 Å². The maximum Gasteiger partial charge on any atom is 0.240 e. The van der Waals surface area contributed by atoms with Crippen LogP contribution in [0.5, 0.6) is 11.5 Å². The molecule has 2 heterocycles. The van der Waals surface area contributed by atoms with Crippen molar-refractivity contribution in [2.75, 3.05) is 13.4 Å². The van der Waals surface area contributed by atoms with Crippen LogP contribution in [0.2, 0.25) is 0 Å². The summed E-state index contributed by atoms with van der Waals surface area (Å²) in [6.07, 6.45) is 2.28. The Bertz CT molecular complexity index is 1390. The fourth-order valence-electron chi connectivity index (χ4n) is 4.46. The molecule has 5 rings (SSSR count). The molecular weight excluding hydrogens is 480 g/mol. The van der Waals surface area contributed by atoms with Crippen molar-refractivity contribution in [2.45, 2.75) is 49.0 Å². The van der Waals surface area contributed by atoms with E-state index < -0.39 is 21.5 Å². The standard InChI is InChI=1S/C27H28N2O6S.2H2/c1-2-20(16-30)29-36(32,33)22-9-6-18(7-10-22)23-5-3-4-21(28-23)15-26(31)27(12-13-27)19-8-11-24-25(14-19)35-17-34-24;;/h3-11,14,20,29-30H,2,12-13,15-17H2,1H3;2*1H/t20-;;/m0../s1. The Morgan fingerprint density at radius 3 is 2.56 bits per heavy atom. The summed E-state index contributed by atoms with van der Waals surface area (Å²) < 4.78 is 38.5. The quantitative estimate of drug-likeness (QED) is 0.424. The van der Waals surface area contributed by atoms with Gasteiger partial charge in [-0.05, 0) is 61.2 Å². The lowest BCUT2D eigenvalue weighted by molar-refractivity contribution is -0.120. The second-order valence-electron chi connectivity index (χ2n) is 9.20. The highest BCUT2D eigenvalue weighted by Crippen LogP contribution is 2.51. The molecule has 1 aliphatic heterocycles. The van der Waals surface area contributed by atoms with E-state index in [4.69, 9.17) is 9.47 Å². The van der Waals surface area contributed by atoms with Crippen molar-refractivity contribution >= 4 is 15.8 Å². The van der Waals surface area contributed by atoms with Crippen LogP contribution in [0.4, 0.5) is 0 Å². The predicted octanol–water partition coefficient (Wildman–Crippen LogP) is 3.86. The third-order valence-electron chi connectivity index (χ3n) is 6.85. The van der Waals surface area contributed by atoms with Gasteiger partial charge in [-0.1, -0.05) is 31.2 Å². The van der Waals surface area contributed by atoms with E-state index in [2.05, 4.69) is 9.71 Å². The lowest BCUT2D eigenvalue weighted by Gasteiger charge is -2.15. The molecule has 0 saturated heterocycles. The van der Waals surface area contributed by atoms with Gasteiger partial charge in [0.2, 0.25) is 16.8 Å². The molecule has 1 aromatic heterocycles. The number of carbonyl (C=O) groups is 1. The van der Waals surface area contributed by atoms with Gasteiger partial charge < -0.3 is 14.6 Å². The number of ketones is 1. The summed E-state index contributed by atoms with van der Waals surface area (Å²) in [6.45, 7) is 1.73. The number of aromatic nitrogens is 1. The molecule has 2 N–H and O–H groups in total. The largest absolute Gasteiger partial charge is 0.454 e. The van der Waals surface area contributed by atoms with E-state index in [0.717, 1.165) is 24.0 Å². The molecule has 36 heavy (non-hydrogen) atoms. The van der Waals surface area contributed by atoms with Crippen molar-refractivity contribution in [1.29, 1.82) is 0 Å². The minimum absolute atomic E-state index is 0. The SMILES string of the molecule is CC[C@@H](CO)NS(=O)(=O)c1ccc(-c2cccc(CC(=O)C3(c4ccc5c(c4)OCO5)CC3)n2)cc1.[HH].[HH]. The first-order valence-corrected chi connectivity index (χ1v) is 13.5. The zero-order chi connectivity index (χ0) is 25.3. The predicted molar refractivity (Wildman–Crippen MR) is 138 cm³/mol. The van der Waals surface area contributed by atoms with Gasteiger partial charge >= 0.3 is 0 Å². The molecule has 192 valence electrons. The maximum atomic E-state index is 13.3. The molecule has 2 aromatic carbocycles. The van der Waals surface area contributed by atoms with Gasteiger partial charge in [0, 0.05) is 26.6 Å². The number of Topliss-reactive ketones (excluding diaryl/α,β-unsaturated/α-hetero) is 1. The number of aliphatic hydroxyl groups is 1. The smallest absolute Gasteiger partial charge is 0.240 e. The highest BCUT2D eigenvalue weighted by Gasteiger charge is 2.51. The Hall–Kier alpha value is -3.27. The fraction of sp³-hybridized carbons (Fsp3) is 0.333. The number of nitrogens with one attached hydrogen (secondary N) is 1. The van der Waals surface area contributed by atoms with E-state index in [1.165, 1.54) is 12.1 Å². The van der Waals surface area contributed by atoms with Gasteiger partial charge in [-0.25, -0.2) is 13.1 Å². The van der Waals surface area contributed by atoms with Gasteiger partial charge in [-0.15, -0.1) is 0 Å². The number of benzene rings is 2. The maximum absolute atomic E-state index is 13.3. The highest BCUT2D eigenvalue weighted by atomic mass is 32.2. The minimum atomic E-state index is -3.74. The number of rotatable bonds is 10. The summed E-state index contributed by atoms with van der Waals surface area (Å²) in [5.74, 6) is 1.49. The van der Waals surface area contributed by atoms with E-state index in [9.17, 15) is 18.3 Å². The third-order valence-corrected chi connectivity index (χ3v) is 8.39. The zero-order valence-electron chi connectivity index (χ0n) is 19.9. The Labute approximate surface area is 213 Å². The second-order valence-corrected chi connectivity index (χ2v) is 10.9. The molecule has 8 nitrogen and oxygen atoms in total. The van der Waals surface area contributed by atoms with Gasteiger partial charge in [-0.2, -0.15) is 0 Å². The summed E-state index contributed by atoms with van der Waals surface area (Å²) in [5.41, 5.74) is 2.51.